The van der Waals surface area contributed by atoms with Crippen molar-refractivity contribution in [3.63, 3.8) is 0 Å². The van der Waals surface area contributed by atoms with Gasteiger partial charge in [-0.2, -0.15) is 0 Å². The van der Waals surface area contributed by atoms with Crippen LogP contribution in [0.15, 0.2) is 193 Å². The highest BCUT2D eigenvalue weighted by Gasteiger charge is 2.58. The molecule has 1 heterocycles. The van der Waals surface area contributed by atoms with Crippen molar-refractivity contribution in [1.82, 2.24) is 0 Å². The Hall–Kier alpha value is -6.11. The molecule has 0 spiro atoms. The summed E-state index contributed by atoms with van der Waals surface area (Å²) in [5.74, 6) is 0.770. The summed E-state index contributed by atoms with van der Waals surface area (Å²) in [4.78, 5) is 3.58. The third-order valence-electron chi connectivity index (χ3n) is 14.7. The number of rotatable bonds is 38. The molecule has 0 amide bonds. The van der Waals surface area contributed by atoms with Crippen LogP contribution in [0, 0.1) is 0 Å². The van der Waals surface area contributed by atoms with Crippen molar-refractivity contribution in [2.24, 2.45) is 5.11 Å². The average Bonchev–Trinajstić information content (AvgIpc) is 3.54. The molecule has 1 aliphatic heterocycles. The highest BCUT2D eigenvalue weighted by atomic mass is 16.6. The van der Waals surface area contributed by atoms with E-state index in [0.29, 0.717) is 19.6 Å². The average molecular weight is 1070 g/mol. The fourth-order valence-corrected chi connectivity index (χ4v) is 10.3. The molecule has 11 heteroatoms. The molecule has 1 saturated heterocycles. The van der Waals surface area contributed by atoms with Crippen molar-refractivity contribution in [2.75, 3.05) is 20.3 Å². The van der Waals surface area contributed by atoms with Gasteiger partial charge in [-0.05, 0) is 70.3 Å². The van der Waals surface area contributed by atoms with Crippen LogP contribution in [0.3, 0.4) is 0 Å². The van der Waals surface area contributed by atoms with Gasteiger partial charge in [-0.3, -0.25) is 0 Å². The summed E-state index contributed by atoms with van der Waals surface area (Å²) in [6.07, 6.45) is 15.1. The lowest BCUT2D eigenvalue weighted by Gasteiger charge is -2.53. The third-order valence-corrected chi connectivity index (χ3v) is 14.7. The minimum absolute atomic E-state index is 0.149. The SMILES string of the molecule is CCCCCCCCCCCCC/C=C/C(OCc1ccccc1)(C(CCOCc1ccc(OC)cc1)N=[N+]=[N-])[C@@H]1O[C@H](COCc2ccccc2)[C@H](OCc2ccccc2)[C@H](OCc2ccccc2)[C@H]1OCc1ccccc1. The maximum absolute atomic E-state index is 10.7. The Kier molecular flexibility index (Phi) is 27.2. The highest BCUT2D eigenvalue weighted by molar-refractivity contribution is 5.27. The van der Waals surface area contributed by atoms with Gasteiger partial charge in [0, 0.05) is 11.5 Å². The number of benzene rings is 6. The first-order valence-electron chi connectivity index (χ1n) is 28.9. The van der Waals surface area contributed by atoms with Crippen LogP contribution in [0.5, 0.6) is 5.75 Å². The van der Waals surface area contributed by atoms with Crippen LogP contribution in [-0.2, 0) is 72.8 Å². The van der Waals surface area contributed by atoms with Crippen LogP contribution in [0.4, 0.5) is 0 Å². The number of unbranched alkanes of at least 4 members (excludes halogenated alkanes) is 11. The van der Waals surface area contributed by atoms with Crippen molar-refractivity contribution < 1.29 is 37.9 Å². The number of nitrogens with zero attached hydrogens (tertiary/aromatic N) is 3. The van der Waals surface area contributed by atoms with Gasteiger partial charge in [-0.15, -0.1) is 0 Å². The summed E-state index contributed by atoms with van der Waals surface area (Å²) >= 11 is 0. The molecule has 1 fully saturated rings. The normalized spacial score (nSPS) is 18.4. The summed E-state index contributed by atoms with van der Waals surface area (Å²) in [5.41, 5.74) is 15.2. The molecule has 0 N–H and O–H groups in total. The fraction of sp³-hybridized carbons (Fsp3) is 0.441. The molecule has 7 rings (SSSR count). The summed E-state index contributed by atoms with van der Waals surface area (Å²) in [6.45, 7) is 4.32. The largest absolute Gasteiger partial charge is 0.497 e. The molecule has 79 heavy (non-hydrogen) atoms. The molecule has 420 valence electrons. The predicted molar refractivity (Wildman–Crippen MR) is 314 cm³/mol. The van der Waals surface area contributed by atoms with Crippen LogP contribution in [0.2, 0.25) is 0 Å². The quantitative estimate of drug-likeness (QED) is 0.0123. The van der Waals surface area contributed by atoms with Crippen LogP contribution in [-0.4, -0.2) is 62.5 Å². The summed E-state index contributed by atoms with van der Waals surface area (Å²) in [7, 11) is 1.66. The third kappa shape index (κ3) is 20.5. The van der Waals surface area contributed by atoms with E-state index in [9.17, 15) is 5.53 Å². The van der Waals surface area contributed by atoms with Gasteiger partial charge < -0.3 is 37.9 Å². The lowest BCUT2D eigenvalue weighted by Crippen LogP contribution is -2.69. The molecule has 0 aliphatic carbocycles. The van der Waals surface area contributed by atoms with E-state index in [1.807, 2.05) is 127 Å². The van der Waals surface area contributed by atoms with Crippen molar-refractivity contribution in [3.05, 3.63) is 232 Å². The number of hydrogen-bond acceptors (Lipinski definition) is 9. The molecule has 6 aromatic rings. The number of hydrogen-bond donors (Lipinski definition) is 0. The Morgan fingerprint density at radius 1 is 0.519 bits per heavy atom. The number of allylic oxidation sites excluding steroid dienone is 1. The van der Waals surface area contributed by atoms with E-state index in [0.717, 1.165) is 58.4 Å². The number of azide groups is 1. The zero-order valence-electron chi connectivity index (χ0n) is 46.8. The Bertz CT molecular complexity index is 2590. The van der Waals surface area contributed by atoms with Gasteiger partial charge >= 0.3 is 0 Å². The van der Waals surface area contributed by atoms with Gasteiger partial charge in [-0.25, -0.2) is 0 Å². The Morgan fingerprint density at radius 2 is 0.962 bits per heavy atom. The van der Waals surface area contributed by atoms with E-state index in [4.69, 9.17) is 43.0 Å². The molecule has 0 saturated carbocycles. The van der Waals surface area contributed by atoms with E-state index < -0.39 is 42.2 Å². The van der Waals surface area contributed by atoms with Crippen molar-refractivity contribution in [1.29, 1.82) is 0 Å². The van der Waals surface area contributed by atoms with Gasteiger partial charge in [0.2, 0.25) is 0 Å². The lowest BCUT2D eigenvalue weighted by molar-refractivity contribution is -0.304. The monoisotopic (exact) mass is 1070 g/mol. The molecule has 6 aromatic carbocycles. The second kappa shape index (κ2) is 35.5. The van der Waals surface area contributed by atoms with Crippen LogP contribution in [0.25, 0.3) is 10.4 Å². The fourth-order valence-electron chi connectivity index (χ4n) is 10.3. The second-order valence-corrected chi connectivity index (χ2v) is 20.6. The molecule has 2 unspecified atom stereocenters. The summed E-state index contributed by atoms with van der Waals surface area (Å²) < 4.78 is 55.5. The Balaban J connectivity index is 1.31. The van der Waals surface area contributed by atoms with Crippen LogP contribution < -0.4 is 4.74 Å². The van der Waals surface area contributed by atoms with Gasteiger partial charge in [0.1, 0.15) is 41.9 Å². The number of ether oxygens (including phenoxy) is 8. The predicted octanol–water partition coefficient (Wildman–Crippen LogP) is 16.2. The molecule has 7 atom stereocenters. The minimum atomic E-state index is -1.46. The first kappa shape index (κ1) is 60.5. The molecular weight excluding hydrogens is 987 g/mol. The molecular formula is C68H85N3O8. The van der Waals surface area contributed by atoms with E-state index in [-0.39, 0.29) is 39.6 Å². The Labute approximate surface area is 471 Å². The smallest absolute Gasteiger partial charge is 0.124 e. The lowest BCUT2D eigenvalue weighted by atomic mass is 9.78. The van der Waals surface area contributed by atoms with E-state index in [1.54, 1.807) is 7.11 Å². The molecule has 1 aliphatic rings. The van der Waals surface area contributed by atoms with E-state index in [1.165, 1.54) is 57.8 Å². The molecule has 0 radical (unpaired) electrons. The van der Waals surface area contributed by atoms with Crippen molar-refractivity contribution in [3.8, 4) is 5.75 Å². The maximum atomic E-state index is 10.7. The minimum Gasteiger partial charge on any atom is -0.497 e. The van der Waals surface area contributed by atoms with Crippen LogP contribution >= 0.6 is 0 Å². The van der Waals surface area contributed by atoms with Gasteiger partial charge in [0.05, 0.1) is 59.4 Å². The first-order chi connectivity index (χ1) is 39.1. The highest BCUT2D eigenvalue weighted by Crippen LogP contribution is 2.42. The number of methoxy groups -OCH3 is 1. The summed E-state index contributed by atoms with van der Waals surface area (Å²) in [5, 5.41) is 4.69. The van der Waals surface area contributed by atoms with Crippen molar-refractivity contribution in [2.45, 2.75) is 172 Å². The van der Waals surface area contributed by atoms with Gasteiger partial charge in [-0.1, -0.05) is 252 Å². The zero-order valence-corrected chi connectivity index (χ0v) is 46.8. The summed E-state index contributed by atoms with van der Waals surface area (Å²) in [6, 6.07) is 57.6. The van der Waals surface area contributed by atoms with Gasteiger partial charge in [0.15, 0.2) is 0 Å². The molecule has 0 aromatic heterocycles. The van der Waals surface area contributed by atoms with Crippen LogP contribution in [0.1, 0.15) is 124 Å². The van der Waals surface area contributed by atoms with Gasteiger partial charge in [0.25, 0.3) is 0 Å². The zero-order chi connectivity index (χ0) is 54.8. The first-order valence-corrected chi connectivity index (χ1v) is 28.9. The van der Waals surface area contributed by atoms with Crippen molar-refractivity contribution >= 4 is 0 Å². The Morgan fingerprint density at radius 3 is 1.47 bits per heavy atom. The van der Waals surface area contributed by atoms with E-state index >= 15 is 0 Å². The molecule has 0 bridgehead atoms. The van der Waals surface area contributed by atoms with E-state index in [2.05, 4.69) is 72.5 Å². The second-order valence-electron chi connectivity index (χ2n) is 20.6. The topological polar surface area (TPSA) is 123 Å². The standard InChI is InChI=1S/C68H85N3O8/c1-3-4-5-6-7-8-9-10-11-12-13-14-30-46-68(78-53-59-39-28-19-29-40-59,63(70-71-69)45-47-73-48-60-41-43-61(72-2)44-42-60)67-66(77-52-58-37-26-18-27-38-58)65(76-51-57-35-24-17-25-36-57)64(75-50-56-33-22-16-23-34-56)62(79-67)54-74-49-55-31-20-15-21-32-55/h15-44,46,62-67H,3-14,45,47-54H2,1-2H3/b46-30+/t62-,63?,64+,65+,66-,67-,68?/m1/s1. The molecule has 11 nitrogen and oxygen atoms in total. The maximum Gasteiger partial charge on any atom is 0.124 e.